The molecule has 0 fully saturated rings. The number of rotatable bonds is 5. The summed E-state index contributed by atoms with van der Waals surface area (Å²) in [6.45, 7) is 1.81. The van der Waals surface area contributed by atoms with Crippen LogP contribution in [-0.2, 0) is 12.8 Å². The van der Waals surface area contributed by atoms with E-state index in [2.05, 4.69) is 31.2 Å². The van der Waals surface area contributed by atoms with Crippen molar-refractivity contribution in [1.29, 1.82) is 0 Å². The molecule has 1 aliphatic carbocycles. The molecule has 0 spiro atoms. The average Bonchev–Trinajstić information content (AvgIpc) is 2.69. The van der Waals surface area contributed by atoms with Crippen molar-refractivity contribution in [2.45, 2.75) is 38.1 Å². The third-order valence-electron chi connectivity index (χ3n) is 5.24. The Labute approximate surface area is 164 Å². The molecule has 4 N–H and O–H groups in total. The van der Waals surface area contributed by atoms with E-state index >= 15 is 0 Å². The average molecular weight is 389 g/mol. The van der Waals surface area contributed by atoms with Gasteiger partial charge in [0.1, 0.15) is 12.2 Å². The first-order valence-corrected chi connectivity index (χ1v) is 9.55. The van der Waals surface area contributed by atoms with Crippen LogP contribution in [-0.4, -0.2) is 45.3 Å². The van der Waals surface area contributed by atoms with Crippen LogP contribution in [0.4, 0.5) is 0 Å². The van der Waals surface area contributed by atoms with E-state index in [0.29, 0.717) is 17.0 Å². The number of benzene rings is 2. The number of aliphatic hydroxyl groups is 4. The van der Waals surface area contributed by atoms with Gasteiger partial charge >= 0.3 is 0 Å². The van der Waals surface area contributed by atoms with Crippen molar-refractivity contribution >= 4 is 17.2 Å². The molecule has 0 saturated heterocycles. The summed E-state index contributed by atoms with van der Waals surface area (Å²) in [5.74, 6) is -0.626. The second-order valence-electron chi connectivity index (χ2n) is 7.05. The van der Waals surface area contributed by atoms with E-state index in [1.54, 1.807) is 18.2 Å². The Morgan fingerprint density at radius 2 is 1.59 bits per heavy atom. The standard InChI is InChI=1S/C22H25ClO4/c1-2-13-3-5-14(6-4-13)9-16-10-15(7-8-19(16)23)18-11-17(12-24)20(25)22(27)21(18)26/h3-8,10-11,17,20-22,24-27H,2,9,12H2,1H3/t17-,20-,21+,22+/m1/s1. The Balaban J connectivity index is 1.92. The van der Waals surface area contributed by atoms with Crippen molar-refractivity contribution in [3.8, 4) is 0 Å². The Morgan fingerprint density at radius 1 is 0.926 bits per heavy atom. The lowest BCUT2D eigenvalue weighted by Crippen LogP contribution is -2.46. The highest BCUT2D eigenvalue weighted by Gasteiger charge is 2.37. The van der Waals surface area contributed by atoms with Gasteiger partial charge in [0.15, 0.2) is 0 Å². The Hall–Kier alpha value is -1.69. The summed E-state index contributed by atoms with van der Waals surface area (Å²) < 4.78 is 0. The van der Waals surface area contributed by atoms with E-state index in [1.807, 2.05) is 6.07 Å². The van der Waals surface area contributed by atoms with Gasteiger partial charge in [-0.3, -0.25) is 0 Å². The zero-order chi connectivity index (χ0) is 19.6. The molecule has 0 heterocycles. The zero-order valence-electron chi connectivity index (χ0n) is 15.2. The molecule has 0 unspecified atom stereocenters. The quantitative estimate of drug-likeness (QED) is 0.634. The summed E-state index contributed by atoms with van der Waals surface area (Å²) >= 11 is 6.38. The Bertz CT molecular complexity index is 816. The van der Waals surface area contributed by atoms with Crippen molar-refractivity contribution < 1.29 is 20.4 Å². The van der Waals surface area contributed by atoms with Crippen LogP contribution in [0.5, 0.6) is 0 Å². The molecule has 1 aliphatic rings. The maximum absolute atomic E-state index is 10.4. The van der Waals surface area contributed by atoms with Crippen LogP contribution < -0.4 is 0 Å². The van der Waals surface area contributed by atoms with Gasteiger partial charge in [-0.25, -0.2) is 0 Å². The van der Waals surface area contributed by atoms with Crippen LogP contribution >= 0.6 is 11.6 Å². The molecule has 3 rings (SSSR count). The minimum absolute atomic E-state index is 0.307. The molecule has 0 bridgehead atoms. The topological polar surface area (TPSA) is 80.9 Å². The van der Waals surface area contributed by atoms with Gasteiger partial charge in [-0.2, -0.15) is 0 Å². The third-order valence-corrected chi connectivity index (χ3v) is 5.61. The number of hydrogen-bond acceptors (Lipinski definition) is 4. The molecule has 5 heteroatoms. The van der Waals surface area contributed by atoms with Gasteiger partial charge in [-0.15, -0.1) is 0 Å². The minimum Gasteiger partial charge on any atom is -0.396 e. The number of halogens is 1. The largest absolute Gasteiger partial charge is 0.396 e. The molecule has 2 aromatic carbocycles. The third kappa shape index (κ3) is 4.26. The first-order chi connectivity index (χ1) is 12.9. The predicted octanol–water partition coefficient (Wildman–Crippen LogP) is 2.58. The summed E-state index contributed by atoms with van der Waals surface area (Å²) in [7, 11) is 0. The van der Waals surface area contributed by atoms with E-state index in [-0.39, 0.29) is 6.61 Å². The second-order valence-corrected chi connectivity index (χ2v) is 7.45. The van der Waals surface area contributed by atoms with Crippen molar-refractivity contribution in [2.75, 3.05) is 6.61 Å². The highest BCUT2D eigenvalue weighted by molar-refractivity contribution is 6.31. The van der Waals surface area contributed by atoms with Gasteiger partial charge in [-0.1, -0.05) is 54.9 Å². The SMILES string of the molecule is CCc1ccc(Cc2cc(C3=C[C@H](CO)[C@@H](O)[C@H](O)[C@H]3O)ccc2Cl)cc1. The molecule has 0 amide bonds. The summed E-state index contributed by atoms with van der Waals surface area (Å²) in [5, 5.41) is 40.5. The normalized spacial score (nSPS) is 25.3. The monoisotopic (exact) mass is 388 g/mol. The number of hydrogen-bond donors (Lipinski definition) is 4. The van der Waals surface area contributed by atoms with E-state index in [0.717, 1.165) is 23.1 Å². The fourth-order valence-electron chi connectivity index (χ4n) is 3.48. The van der Waals surface area contributed by atoms with Crippen LogP contribution in [0.1, 0.15) is 29.2 Å². The zero-order valence-corrected chi connectivity index (χ0v) is 16.0. The molecule has 27 heavy (non-hydrogen) atoms. The molecule has 4 nitrogen and oxygen atoms in total. The van der Waals surface area contributed by atoms with Crippen LogP contribution in [0.2, 0.25) is 5.02 Å². The van der Waals surface area contributed by atoms with Gasteiger partial charge in [0, 0.05) is 10.9 Å². The second kappa shape index (κ2) is 8.55. The molecular weight excluding hydrogens is 364 g/mol. The van der Waals surface area contributed by atoms with E-state index in [1.165, 1.54) is 5.56 Å². The molecular formula is C22H25ClO4. The van der Waals surface area contributed by atoms with Crippen LogP contribution in [0, 0.1) is 5.92 Å². The summed E-state index contributed by atoms with van der Waals surface area (Å²) in [6, 6.07) is 13.8. The maximum Gasteiger partial charge on any atom is 0.111 e. The van der Waals surface area contributed by atoms with Crippen molar-refractivity contribution in [1.82, 2.24) is 0 Å². The summed E-state index contributed by atoms with van der Waals surface area (Å²) in [4.78, 5) is 0. The lowest BCUT2D eigenvalue weighted by atomic mass is 9.81. The Morgan fingerprint density at radius 3 is 2.22 bits per heavy atom. The molecule has 0 aromatic heterocycles. The molecule has 144 valence electrons. The molecule has 0 aliphatic heterocycles. The summed E-state index contributed by atoms with van der Waals surface area (Å²) in [5.41, 5.74) is 4.53. The Kier molecular flexibility index (Phi) is 6.35. The van der Waals surface area contributed by atoms with Gasteiger partial charge in [-0.05, 0) is 52.8 Å². The smallest absolute Gasteiger partial charge is 0.111 e. The van der Waals surface area contributed by atoms with Gasteiger partial charge in [0.05, 0.1) is 12.7 Å². The van der Waals surface area contributed by atoms with Crippen molar-refractivity contribution in [2.24, 2.45) is 5.92 Å². The minimum atomic E-state index is -1.34. The highest BCUT2D eigenvalue weighted by atomic mass is 35.5. The number of aryl methyl sites for hydroxylation is 1. The molecule has 0 saturated carbocycles. The van der Waals surface area contributed by atoms with Gasteiger partial charge in [0.2, 0.25) is 0 Å². The first-order valence-electron chi connectivity index (χ1n) is 9.18. The van der Waals surface area contributed by atoms with E-state index in [9.17, 15) is 20.4 Å². The maximum atomic E-state index is 10.4. The van der Waals surface area contributed by atoms with Crippen molar-refractivity contribution in [3.05, 3.63) is 75.8 Å². The summed E-state index contributed by atoms with van der Waals surface area (Å²) in [6.07, 6.45) is -0.496. The molecule has 2 aromatic rings. The lowest BCUT2D eigenvalue weighted by molar-refractivity contribution is -0.0687. The van der Waals surface area contributed by atoms with Crippen molar-refractivity contribution in [3.63, 3.8) is 0 Å². The molecule has 4 atom stereocenters. The number of aliphatic hydroxyl groups excluding tert-OH is 4. The fourth-order valence-corrected chi connectivity index (χ4v) is 3.67. The molecule has 0 radical (unpaired) electrons. The highest BCUT2D eigenvalue weighted by Crippen LogP contribution is 2.33. The fraction of sp³-hybridized carbons (Fsp3) is 0.364. The van der Waals surface area contributed by atoms with Gasteiger partial charge in [0.25, 0.3) is 0 Å². The lowest BCUT2D eigenvalue weighted by Gasteiger charge is -2.34. The van der Waals surface area contributed by atoms with E-state index in [4.69, 9.17) is 11.6 Å². The first kappa shape index (κ1) is 20.1. The van der Waals surface area contributed by atoms with Crippen LogP contribution in [0.15, 0.2) is 48.5 Å². The van der Waals surface area contributed by atoms with Gasteiger partial charge < -0.3 is 20.4 Å². The van der Waals surface area contributed by atoms with E-state index < -0.39 is 24.2 Å². The predicted molar refractivity (Wildman–Crippen MR) is 107 cm³/mol. The van der Waals surface area contributed by atoms with Crippen LogP contribution in [0.3, 0.4) is 0 Å². The van der Waals surface area contributed by atoms with Crippen LogP contribution in [0.25, 0.3) is 5.57 Å².